The molecule has 0 aliphatic carbocycles. The normalized spacial score (nSPS) is 11.9. The molecule has 1 aromatic carbocycles. The van der Waals surface area contributed by atoms with Gasteiger partial charge in [0.25, 0.3) is 5.91 Å². The molecule has 0 fully saturated rings. The zero-order valence-electron chi connectivity index (χ0n) is 11.4. The lowest BCUT2D eigenvalue weighted by Gasteiger charge is -2.11. The molecule has 0 unspecified atom stereocenters. The molecule has 1 atom stereocenters. The van der Waals surface area contributed by atoms with Crippen molar-refractivity contribution in [1.82, 2.24) is 5.32 Å². The molecule has 2 aromatic rings. The van der Waals surface area contributed by atoms with Crippen LogP contribution >= 0.6 is 11.3 Å². The van der Waals surface area contributed by atoms with Gasteiger partial charge in [-0.3, -0.25) is 4.79 Å². The summed E-state index contributed by atoms with van der Waals surface area (Å²) in [5.74, 6) is -1.36. The van der Waals surface area contributed by atoms with E-state index in [2.05, 4.69) is 11.9 Å². The zero-order chi connectivity index (χ0) is 15.4. The van der Waals surface area contributed by atoms with E-state index >= 15 is 0 Å². The first-order valence-electron chi connectivity index (χ1n) is 6.30. The van der Waals surface area contributed by atoms with Crippen molar-refractivity contribution in [3.63, 3.8) is 0 Å². The Morgan fingerprint density at radius 3 is 2.95 bits per heavy atom. The number of carbonyl (C=O) groups excluding carboxylic acids is 2. The van der Waals surface area contributed by atoms with Gasteiger partial charge < -0.3 is 10.1 Å². The Hall–Kier alpha value is -2.21. The monoisotopic (exact) mass is 307 g/mol. The van der Waals surface area contributed by atoms with Crippen LogP contribution in [0.15, 0.2) is 36.9 Å². The fraction of sp³-hybridized carbons (Fsp3) is 0.200. The van der Waals surface area contributed by atoms with Crippen LogP contribution < -0.4 is 5.32 Å². The number of rotatable bonds is 5. The minimum Gasteiger partial charge on any atom is -0.448 e. The highest BCUT2D eigenvalue weighted by atomic mass is 32.1. The number of ether oxygens (including phenoxy) is 1. The number of thiophene rings is 1. The molecule has 4 nitrogen and oxygen atoms in total. The molecule has 0 spiro atoms. The second-order valence-electron chi connectivity index (χ2n) is 4.37. The van der Waals surface area contributed by atoms with Crippen LogP contribution in [-0.2, 0) is 9.53 Å². The Balaban J connectivity index is 2.07. The lowest BCUT2D eigenvalue weighted by atomic mass is 10.2. The highest BCUT2D eigenvalue weighted by Crippen LogP contribution is 2.27. The molecule has 6 heteroatoms. The largest absolute Gasteiger partial charge is 0.448 e. The lowest BCUT2D eigenvalue weighted by Crippen LogP contribution is -2.35. The van der Waals surface area contributed by atoms with Gasteiger partial charge in [-0.15, -0.1) is 17.9 Å². The van der Waals surface area contributed by atoms with E-state index in [1.54, 1.807) is 12.1 Å². The van der Waals surface area contributed by atoms with Crippen molar-refractivity contribution >= 4 is 33.3 Å². The van der Waals surface area contributed by atoms with Crippen molar-refractivity contribution in [2.75, 3.05) is 6.54 Å². The van der Waals surface area contributed by atoms with Gasteiger partial charge in [0.15, 0.2) is 6.10 Å². The minimum atomic E-state index is -0.903. The van der Waals surface area contributed by atoms with Crippen LogP contribution in [0.25, 0.3) is 10.1 Å². The van der Waals surface area contributed by atoms with Gasteiger partial charge in [0, 0.05) is 11.2 Å². The average molecular weight is 307 g/mol. The summed E-state index contributed by atoms with van der Waals surface area (Å²) in [5, 5.41) is 3.18. The zero-order valence-corrected chi connectivity index (χ0v) is 12.2. The van der Waals surface area contributed by atoms with Gasteiger partial charge in [-0.05, 0) is 36.6 Å². The van der Waals surface area contributed by atoms with E-state index in [1.165, 1.54) is 36.5 Å². The van der Waals surface area contributed by atoms with Gasteiger partial charge in [-0.25, -0.2) is 9.18 Å². The molecular weight excluding hydrogens is 293 g/mol. The second-order valence-corrected chi connectivity index (χ2v) is 5.46. The first-order chi connectivity index (χ1) is 10.0. The molecule has 2 rings (SSSR count). The average Bonchev–Trinajstić information content (AvgIpc) is 2.87. The molecule has 0 aliphatic rings. The number of hydrogen-bond donors (Lipinski definition) is 1. The van der Waals surface area contributed by atoms with E-state index < -0.39 is 18.0 Å². The third kappa shape index (κ3) is 3.66. The topological polar surface area (TPSA) is 55.4 Å². The Kier molecular flexibility index (Phi) is 4.70. The van der Waals surface area contributed by atoms with E-state index in [9.17, 15) is 14.0 Å². The molecule has 0 saturated heterocycles. The Morgan fingerprint density at radius 2 is 2.24 bits per heavy atom. The van der Waals surface area contributed by atoms with Crippen molar-refractivity contribution in [1.29, 1.82) is 0 Å². The standard InChI is InChI=1S/C15H14FNO3S/c1-3-6-17-14(18)9(2)20-15(19)13-8-10-7-11(16)4-5-12(10)21-13/h3-5,7-9H,1,6H2,2H3,(H,17,18)/t9-/m0/s1. The molecule has 1 amide bonds. The fourth-order valence-corrected chi connectivity index (χ4v) is 2.63. The van der Waals surface area contributed by atoms with Crippen molar-refractivity contribution < 1.29 is 18.7 Å². The number of esters is 1. The van der Waals surface area contributed by atoms with Crippen molar-refractivity contribution in [2.45, 2.75) is 13.0 Å². The molecule has 0 saturated carbocycles. The summed E-state index contributed by atoms with van der Waals surface area (Å²) in [7, 11) is 0. The van der Waals surface area contributed by atoms with Crippen LogP contribution in [0.1, 0.15) is 16.6 Å². The molecular formula is C15H14FNO3S. The summed E-state index contributed by atoms with van der Waals surface area (Å²) in [6.45, 7) is 5.28. The van der Waals surface area contributed by atoms with E-state index in [4.69, 9.17) is 4.74 Å². The molecule has 1 N–H and O–H groups in total. The fourth-order valence-electron chi connectivity index (χ4n) is 1.70. The second kappa shape index (κ2) is 6.49. The molecule has 0 aliphatic heterocycles. The molecule has 1 aromatic heterocycles. The summed E-state index contributed by atoms with van der Waals surface area (Å²) in [6.07, 6.45) is 0.631. The number of nitrogens with one attached hydrogen (secondary N) is 1. The van der Waals surface area contributed by atoms with Gasteiger partial charge in [0.1, 0.15) is 10.7 Å². The quantitative estimate of drug-likeness (QED) is 0.682. The first-order valence-corrected chi connectivity index (χ1v) is 7.11. The Bertz CT molecular complexity index is 695. The SMILES string of the molecule is C=CCNC(=O)[C@H](C)OC(=O)c1cc2cc(F)ccc2s1. The Labute approximate surface area is 125 Å². The highest BCUT2D eigenvalue weighted by molar-refractivity contribution is 7.20. The van der Waals surface area contributed by atoms with Gasteiger partial charge >= 0.3 is 5.97 Å². The van der Waals surface area contributed by atoms with Crippen LogP contribution in [0.4, 0.5) is 4.39 Å². The summed E-state index contributed by atoms with van der Waals surface area (Å²) in [4.78, 5) is 23.9. The molecule has 0 radical (unpaired) electrons. The number of benzene rings is 1. The van der Waals surface area contributed by atoms with E-state index in [0.717, 1.165) is 4.70 Å². The lowest BCUT2D eigenvalue weighted by molar-refractivity contribution is -0.128. The summed E-state index contributed by atoms with van der Waals surface area (Å²) in [5.41, 5.74) is 0. The number of carbonyl (C=O) groups is 2. The Morgan fingerprint density at radius 1 is 1.48 bits per heavy atom. The third-order valence-electron chi connectivity index (χ3n) is 2.75. The van der Waals surface area contributed by atoms with Crippen LogP contribution in [0, 0.1) is 5.82 Å². The maximum Gasteiger partial charge on any atom is 0.349 e. The van der Waals surface area contributed by atoms with Gasteiger partial charge in [0.05, 0.1) is 0 Å². The highest BCUT2D eigenvalue weighted by Gasteiger charge is 2.19. The van der Waals surface area contributed by atoms with Crippen molar-refractivity contribution in [2.24, 2.45) is 0 Å². The first kappa shape index (κ1) is 15.2. The summed E-state index contributed by atoms with van der Waals surface area (Å²) < 4.78 is 19.0. The van der Waals surface area contributed by atoms with Crippen molar-refractivity contribution in [3.05, 3.63) is 47.6 Å². The molecule has 21 heavy (non-hydrogen) atoms. The van der Waals surface area contributed by atoms with Gasteiger partial charge in [-0.2, -0.15) is 0 Å². The number of hydrogen-bond acceptors (Lipinski definition) is 4. The van der Waals surface area contributed by atoms with Crippen molar-refractivity contribution in [3.8, 4) is 0 Å². The van der Waals surface area contributed by atoms with Crippen LogP contribution in [-0.4, -0.2) is 24.5 Å². The van der Waals surface area contributed by atoms with Gasteiger partial charge in [0.2, 0.25) is 0 Å². The predicted molar refractivity (Wildman–Crippen MR) is 79.9 cm³/mol. The number of halogens is 1. The maximum atomic E-state index is 13.1. The van der Waals surface area contributed by atoms with Crippen LogP contribution in [0.5, 0.6) is 0 Å². The molecule has 0 bridgehead atoms. The summed E-state index contributed by atoms with van der Waals surface area (Å²) >= 11 is 1.20. The molecule has 1 heterocycles. The number of amides is 1. The minimum absolute atomic E-state index is 0.308. The third-order valence-corrected chi connectivity index (χ3v) is 3.85. The van der Waals surface area contributed by atoms with Gasteiger partial charge in [-0.1, -0.05) is 6.08 Å². The van der Waals surface area contributed by atoms with Crippen LogP contribution in [0.2, 0.25) is 0 Å². The maximum absolute atomic E-state index is 13.1. The van der Waals surface area contributed by atoms with Crippen LogP contribution in [0.3, 0.4) is 0 Å². The number of fused-ring (bicyclic) bond motifs is 1. The van der Waals surface area contributed by atoms with E-state index in [0.29, 0.717) is 16.8 Å². The predicted octanol–water partition coefficient (Wildman–Crippen LogP) is 2.89. The summed E-state index contributed by atoms with van der Waals surface area (Å²) in [6, 6.07) is 5.84. The van der Waals surface area contributed by atoms with E-state index in [1.807, 2.05) is 0 Å². The van der Waals surface area contributed by atoms with E-state index in [-0.39, 0.29) is 5.82 Å². The smallest absolute Gasteiger partial charge is 0.349 e. The molecule has 110 valence electrons.